The van der Waals surface area contributed by atoms with Crippen LogP contribution in [-0.2, 0) is 4.74 Å². The van der Waals surface area contributed by atoms with E-state index >= 15 is 0 Å². The molecule has 0 radical (unpaired) electrons. The molecule has 1 heterocycles. The van der Waals surface area contributed by atoms with Crippen LogP contribution in [0.15, 0.2) is 18.3 Å². The number of methoxy groups -OCH3 is 1. The van der Waals surface area contributed by atoms with Gasteiger partial charge in [-0.1, -0.05) is 27.7 Å². The lowest BCUT2D eigenvalue weighted by Crippen LogP contribution is -2.04. The maximum atomic E-state index is 11.1. The fourth-order valence-electron chi connectivity index (χ4n) is 1.02. The van der Waals surface area contributed by atoms with E-state index < -0.39 is 0 Å². The number of rotatable bonds is 2. The maximum Gasteiger partial charge on any atom is 0.356 e. The van der Waals surface area contributed by atoms with E-state index in [2.05, 4.69) is 23.6 Å². The van der Waals surface area contributed by atoms with Gasteiger partial charge in [-0.3, -0.25) is 0 Å². The second kappa shape index (κ2) is 6.98. The minimum atomic E-state index is -0.387. The van der Waals surface area contributed by atoms with Crippen LogP contribution in [0.3, 0.4) is 0 Å². The highest BCUT2D eigenvalue weighted by molar-refractivity contribution is 5.87. The first kappa shape index (κ1) is 13.6. The van der Waals surface area contributed by atoms with E-state index in [1.807, 2.05) is 19.9 Å². The fourth-order valence-corrected chi connectivity index (χ4v) is 1.02. The van der Waals surface area contributed by atoms with Crippen LogP contribution >= 0.6 is 0 Å². The van der Waals surface area contributed by atoms with Crippen molar-refractivity contribution in [1.82, 2.24) is 4.98 Å². The molecular formula is C12H19NO2. The molecule has 0 aromatic carbocycles. The zero-order valence-corrected chi connectivity index (χ0v) is 10.1. The first-order valence-corrected chi connectivity index (χ1v) is 5.19. The zero-order chi connectivity index (χ0) is 11.8. The standard InChI is InChI=1S/C10H13NO2.C2H6/c1-7(2)8-4-5-11-9(6-8)10(12)13-3;1-2/h4-7H,1-3H3;1-2H3. The van der Waals surface area contributed by atoms with E-state index in [9.17, 15) is 4.79 Å². The normalized spacial score (nSPS) is 9.20. The topological polar surface area (TPSA) is 39.2 Å². The first-order valence-electron chi connectivity index (χ1n) is 5.19. The van der Waals surface area contributed by atoms with Crippen molar-refractivity contribution in [3.8, 4) is 0 Å². The first-order chi connectivity index (χ1) is 7.15. The monoisotopic (exact) mass is 209 g/mol. The molecule has 1 aromatic heterocycles. The van der Waals surface area contributed by atoms with Crippen LogP contribution in [0.25, 0.3) is 0 Å². The van der Waals surface area contributed by atoms with Gasteiger partial charge in [0.1, 0.15) is 5.69 Å². The molecular weight excluding hydrogens is 190 g/mol. The third-order valence-corrected chi connectivity index (χ3v) is 1.85. The van der Waals surface area contributed by atoms with Crippen molar-refractivity contribution in [3.05, 3.63) is 29.6 Å². The summed E-state index contributed by atoms with van der Waals surface area (Å²) < 4.78 is 4.57. The van der Waals surface area contributed by atoms with Gasteiger partial charge in [-0.25, -0.2) is 9.78 Å². The number of ether oxygens (including phenoxy) is 1. The van der Waals surface area contributed by atoms with Crippen LogP contribution in [0.2, 0.25) is 0 Å². The average molecular weight is 209 g/mol. The molecule has 0 N–H and O–H groups in total. The Hall–Kier alpha value is -1.38. The Bertz CT molecular complexity index is 308. The molecule has 0 spiro atoms. The van der Waals surface area contributed by atoms with E-state index in [0.29, 0.717) is 11.6 Å². The Labute approximate surface area is 91.5 Å². The largest absolute Gasteiger partial charge is 0.464 e. The third-order valence-electron chi connectivity index (χ3n) is 1.85. The second-order valence-corrected chi connectivity index (χ2v) is 3.12. The van der Waals surface area contributed by atoms with E-state index in [1.165, 1.54) is 7.11 Å². The van der Waals surface area contributed by atoms with Crippen LogP contribution in [-0.4, -0.2) is 18.1 Å². The molecule has 0 bridgehead atoms. The Morgan fingerprint density at radius 3 is 2.47 bits per heavy atom. The van der Waals surface area contributed by atoms with E-state index in [4.69, 9.17) is 0 Å². The van der Waals surface area contributed by atoms with Crippen molar-refractivity contribution in [1.29, 1.82) is 0 Å². The zero-order valence-electron chi connectivity index (χ0n) is 10.1. The van der Waals surface area contributed by atoms with Gasteiger partial charge in [0.2, 0.25) is 0 Å². The molecule has 84 valence electrons. The molecule has 1 rings (SSSR count). The molecule has 1 aromatic rings. The second-order valence-electron chi connectivity index (χ2n) is 3.12. The number of aromatic nitrogens is 1. The predicted octanol–water partition coefficient (Wildman–Crippen LogP) is 3.02. The molecule has 0 aliphatic heterocycles. The smallest absolute Gasteiger partial charge is 0.356 e. The lowest BCUT2D eigenvalue weighted by Gasteiger charge is -2.05. The van der Waals surface area contributed by atoms with Gasteiger partial charge in [0, 0.05) is 6.20 Å². The Kier molecular flexibility index (Phi) is 6.34. The van der Waals surface area contributed by atoms with Crippen molar-refractivity contribution < 1.29 is 9.53 Å². The molecule has 15 heavy (non-hydrogen) atoms. The number of hydrogen-bond acceptors (Lipinski definition) is 3. The van der Waals surface area contributed by atoms with Crippen molar-refractivity contribution in [2.75, 3.05) is 7.11 Å². The Morgan fingerprint density at radius 2 is 2.00 bits per heavy atom. The molecule has 3 heteroatoms. The summed E-state index contributed by atoms with van der Waals surface area (Å²) in [5, 5.41) is 0. The lowest BCUT2D eigenvalue weighted by molar-refractivity contribution is 0.0594. The van der Waals surface area contributed by atoms with Crippen LogP contribution in [0, 0.1) is 0 Å². The number of pyridine rings is 1. The van der Waals surface area contributed by atoms with Gasteiger partial charge in [0.25, 0.3) is 0 Å². The summed E-state index contributed by atoms with van der Waals surface area (Å²) in [6, 6.07) is 3.66. The number of nitrogens with zero attached hydrogens (tertiary/aromatic N) is 1. The summed E-state index contributed by atoms with van der Waals surface area (Å²) in [6.45, 7) is 8.13. The highest BCUT2D eigenvalue weighted by atomic mass is 16.5. The molecule has 0 fully saturated rings. The minimum Gasteiger partial charge on any atom is -0.464 e. The summed E-state index contributed by atoms with van der Waals surface area (Å²) in [7, 11) is 1.35. The summed E-state index contributed by atoms with van der Waals surface area (Å²) in [4.78, 5) is 15.0. The van der Waals surface area contributed by atoms with Gasteiger partial charge in [-0.05, 0) is 23.6 Å². The van der Waals surface area contributed by atoms with Gasteiger partial charge in [-0.15, -0.1) is 0 Å². The summed E-state index contributed by atoms with van der Waals surface area (Å²) in [5.74, 6) is 0.00825. The molecule has 0 saturated carbocycles. The number of hydrogen-bond donors (Lipinski definition) is 0. The lowest BCUT2D eigenvalue weighted by atomic mass is 10.0. The summed E-state index contributed by atoms with van der Waals surface area (Å²) in [5.41, 5.74) is 1.46. The van der Waals surface area contributed by atoms with Gasteiger partial charge >= 0.3 is 5.97 Å². The van der Waals surface area contributed by atoms with Crippen molar-refractivity contribution in [2.24, 2.45) is 0 Å². The SMILES string of the molecule is CC.COC(=O)c1cc(C(C)C)ccn1. The van der Waals surface area contributed by atoms with E-state index in [1.54, 1.807) is 12.3 Å². The highest BCUT2D eigenvalue weighted by Gasteiger charge is 2.08. The number of carbonyl (C=O) groups is 1. The number of carbonyl (C=O) groups excluding carboxylic acids is 1. The minimum absolute atomic E-state index is 0.369. The van der Waals surface area contributed by atoms with E-state index in [-0.39, 0.29) is 5.97 Å². The molecule has 0 aliphatic rings. The molecule has 3 nitrogen and oxygen atoms in total. The van der Waals surface area contributed by atoms with Gasteiger partial charge in [0.15, 0.2) is 0 Å². The molecule has 0 amide bonds. The Morgan fingerprint density at radius 1 is 1.40 bits per heavy atom. The van der Waals surface area contributed by atoms with Crippen molar-refractivity contribution in [3.63, 3.8) is 0 Å². The molecule has 0 saturated heterocycles. The van der Waals surface area contributed by atoms with Crippen LogP contribution < -0.4 is 0 Å². The summed E-state index contributed by atoms with van der Waals surface area (Å²) in [6.07, 6.45) is 1.63. The average Bonchev–Trinajstić information content (AvgIpc) is 2.30. The van der Waals surface area contributed by atoms with Crippen LogP contribution in [0.4, 0.5) is 0 Å². The summed E-state index contributed by atoms with van der Waals surface area (Å²) >= 11 is 0. The predicted molar refractivity (Wildman–Crippen MR) is 61.0 cm³/mol. The van der Waals surface area contributed by atoms with E-state index in [0.717, 1.165) is 5.56 Å². The van der Waals surface area contributed by atoms with Crippen LogP contribution in [0.5, 0.6) is 0 Å². The molecule has 0 aliphatic carbocycles. The molecule has 0 unspecified atom stereocenters. The maximum absolute atomic E-state index is 11.1. The fraction of sp³-hybridized carbons (Fsp3) is 0.500. The van der Waals surface area contributed by atoms with Gasteiger partial charge < -0.3 is 4.74 Å². The number of esters is 1. The van der Waals surface area contributed by atoms with Crippen LogP contribution in [0.1, 0.15) is 49.7 Å². The third kappa shape index (κ3) is 4.11. The van der Waals surface area contributed by atoms with Crippen molar-refractivity contribution in [2.45, 2.75) is 33.6 Å². The Balaban J connectivity index is 0.000000921. The highest BCUT2D eigenvalue weighted by Crippen LogP contribution is 2.14. The quantitative estimate of drug-likeness (QED) is 0.703. The van der Waals surface area contributed by atoms with Gasteiger partial charge in [-0.2, -0.15) is 0 Å². The molecule has 0 atom stereocenters. The van der Waals surface area contributed by atoms with Crippen molar-refractivity contribution >= 4 is 5.97 Å². The van der Waals surface area contributed by atoms with Gasteiger partial charge in [0.05, 0.1) is 7.11 Å².